The van der Waals surface area contributed by atoms with Gasteiger partial charge in [-0.15, -0.1) is 0 Å². The topological polar surface area (TPSA) is 168 Å². The molecule has 2 saturated heterocycles. The van der Waals surface area contributed by atoms with Gasteiger partial charge in [0.2, 0.25) is 0 Å². The maximum absolute atomic E-state index is 13.6. The first-order valence-electron chi connectivity index (χ1n) is 14.3. The van der Waals surface area contributed by atoms with Gasteiger partial charge in [-0.2, -0.15) is 5.26 Å². The second-order valence-corrected chi connectivity index (χ2v) is 12.2. The average Bonchev–Trinajstić information content (AvgIpc) is 2.96. The van der Waals surface area contributed by atoms with Crippen LogP contribution in [-0.4, -0.2) is 76.0 Å². The number of hydrogen-bond acceptors (Lipinski definition) is 10. The number of nitrogens with zero attached hydrogens (tertiary/aromatic N) is 5. The molecule has 1 aromatic carbocycles. The number of nitrogens with one attached hydrogen (secondary N) is 1. The Morgan fingerprint density at radius 3 is 2.51 bits per heavy atom. The van der Waals surface area contributed by atoms with Gasteiger partial charge < -0.3 is 24.6 Å². The summed E-state index contributed by atoms with van der Waals surface area (Å²) in [6.45, 7) is 6.98. The molecule has 2 aromatic rings. The van der Waals surface area contributed by atoms with Crippen LogP contribution in [0, 0.1) is 21.4 Å². The van der Waals surface area contributed by atoms with Crippen LogP contribution in [-0.2, 0) is 4.74 Å². The molecule has 3 aliphatic rings. The summed E-state index contributed by atoms with van der Waals surface area (Å²) in [4.78, 5) is 57.7. The van der Waals surface area contributed by atoms with Crippen LogP contribution in [0.3, 0.4) is 0 Å². The van der Waals surface area contributed by atoms with E-state index in [1.54, 1.807) is 37.8 Å². The van der Waals surface area contributed by atoms with Gasteiger partial charge in [0, 0.05) is 51.1 Å². The number of pyridine rings is 1. The van der Waals surface area contributed by atoms with E-state index in [1.165, 1.54) is 12.1 Å². The van der Waals surface area contributed by atoms with E-state index in [0.717, 1.165) is 6.20 Å². The zero-order valence-electron chi connectivity index (χ0n) is 24.4. The number of fused-ring (bicyclic) bond motifs is 1. The van der Waals surface area contributed by atoms with Crippen LogP contribution in [0.1, 0.15) is 79.2 Å². The Morgan fingerprint density at radius 2 is 1.88 bits per heavy atom. The molecule has 0 saturated carbocycles. The molecule has 0 bridgehead atoms. The molecule has 0 aliphatic carbocycles. The maximum atomic E-state index is 13.6. The van der Waals surface area contributed by atoms with Crippen molar-refractivity contribution < 1.29 is 28.8 Å². The molecule has 0 atom stereocenters. The van der Waals surface area contributed by atoms with Crippen LogP contribution in [0.25, 0.3) is 0 Å². The molecular formula is C30H34N6O7. The van der Waals surface area contributed by atoms with Crippen LogP contribution in [0.2, 0.25) is 0 Å². The van der Waals surface area contributed by atoms with Gasteiger partial charge in [-0.1, -0.05) is 0 Å². The Labute approximate surface area is 248 Å². The summed E-state index contributed by atoms with van der Waals surface area (Å²) in [6.07, 6.45) is 2.78. The van der Waals surface area contributed by atoms with Gasteiger partial charge in [-0.25, -0.2) is 9.78 Å². The summed E-state index contributed by atoms with van der Waals surface area (Å²) >= 11 is 0. The van der Waals surface area contributed by atoms with Crippen molar-refractivity contribution in [1.29, 1.82) is 5.26 Å². The monoisotopic (exact) mass is 590 g/mol. The number of Topliss-reactive ketones (excluding diaryl/α,β-unsaturated/α-hetero) is 1. The minimum atomic E-state index is -0.776. The molecule has 2 amide bonds. The molecule has 5 rings (SSSR count). The van der Waals surface area contributed by atoms with Crippen molar-refractivity contribution in [3.05, 3.63) is 57.3 Å². The molecule has 13 heteroatoms. The molecule has 1 aromatic heterocycles. The number of carbonyl (C=O) groups is 3. The van der Waals surface area contributed by atoms with Crippen LogP contribution < -0.4 is 15.0 Å². The Balaban J connectivity index is 1.25. The Hall–Kier alpha value is -4.73. The van der Waals surface area contributed by atoms with E-state index in [9.17, 15) is 24.5 Å². The molecule has 3 aliphatic heterocycles. The number of alkyl carbamates (subject to hydrolysis) is 1. The van der Waals surface area contributed by atoms with Crippen LogP contribution in [0.5, 0.6) is 5.75 Å². The van der Waals surface area contributed by atoms with Crippen LogP contribution in [0.15, 0.2) is 30.5 Å². The predicted octanol–water partition coefficient (Wildman–Crippen LogP) is 4.00. The van der Waals surface area contributed by atoms with Crippen LogP contribution >= 0.6 is 0 Å². The summed E-state index contributed by atoms with van der Waals surface area (Å²) in [5.41, 5.74) is -1.03. The van der Waals surface area contributed by atoms with E-state index in [1.807, 2.05) is 11.0 Å². The number of aromatic nitrogens is 1. The molecule has 0 unspecified atom stereocenters. The van der Waals surface area contributed by atoms with Crippen molar-refractivity contribution in [3.8, 4) is 11.8 Å². The minimum Gasteiger partial charge on any atom is -0.486 e. The molecule has 43 heavy (non-hydrogen) atoms. The fourth-order valence-electron chi connectivity index (χ4n) is 5.78. The van der Waals surface area contributed by atoms with Crippen molar-refractivity contribution in [2.75, 3.05) is 31.1 Å². The molecule has 226 valence electrons. The fraction of sp³-hybridized carbons (Fsp3) is 0.500. The quantitative estimate of drug-likeness (QED) is 0.406. The van der Waals surface area contributed by atoms with Gasteiger partial charge >= 0.3 is 6.09 Å². The van der Waals surface area contributed by atoms with E-state index in [0.29, 0.717) is 61.5 Å². The van der Waals surface area contributed by atoms with Gasteiger partial charge in [0.1, 0.15) is 34.5 Å². The van der Waals surface area contributed by atoms with E-state index < -0.39 is 28.1 Å². The largest absolute Gasteiger partial charge is 0.486 e. The van der Waals surface area contributed by atoms with Gasteiger partial charge in [0.15, 0.2) is 5.78 Å². The summed E-state index contributed by atoms with van der Waals surface area (Å²) in [6, 6.07) is 8.17. The Bertz CT molecular complexity index is 1500. The third kappa shape index (κ3) is 6.53. The zero-order valence-corrected chi connectivity index (χ0v) is 24.4. The SMILES string of the molecule is CC(C)(C)OC(=O)NC1CCN(c2cc(C(=O)N3CCC4(CC3)CC(=O)c3cc(C#N)ccc3O4)c([N+](=O)[O-])cn2)CC1. The number of nitriles is 1. The van der Waals surface area contributed by atoms with Crippen molar-refractivity contribution in [2.24, 2.45) is 0 Å². The summed E-state index contributed by atoms with van der Waals surface area (Å²) in [5, 5.41) is 23.9. The number of ether oxygens (including phenoxy) is 2. The lowest BCUT2D eigenvalue weighted by atomic mass is 9.82. The third-order valence-electron chi connectivity index (χ3n) is 8.02. The molecule has 1 N–H and O–H groups in total. The highest BCUT2D eigenvalue weighted by atomic mass is 16.6. The second-order valence-electron chi connectivity index (χ2n) is 12.2. The first kappa shape index (κ1) is 29.8. The molecule has 0 radical (unpaired) electrons. The highest BCUT2D eigenvalue weighted by molar-refractivity contribution is 6.01. The van der Waals surface area contributed by atoms with Crippen molar-refractivity contribution in [3.63, 3.8) is 0 Å². The van der Waals surface area contributed by atoms with Crippen molar-refractivity contribution >= 4 is 29.3 Å². The summed E-state index contributed by atoms with van der Waals surface area (Å²) in [5.74, 6) is 0.285. The minimum absolute atomic E-state index is 0.0463. The van der Waals surface area contributed by atoms with Crippen molar-refractivity contribution in [1.82, 2.24) is 15.2 Å². The molecule has 2 fully saturated rings. The zero-order chi connectivity index (χ0) is 30.9. The number of ketones is 1. The van der Waals surface area contributed by atoms with E-state index in [4.69, 9.17) is 14.7 Å². The number of anilines is 1. The molecular weight excluding hydrogens is 556 g/mol. The van der Waals surface area contributed by atoms with E-state index in [2.05, 4.69) is 10.3 Å². The highest BCUT2D eigenvalue weighted by Gasteiger charge is 2.44. The normalized spacial score (nSPS) is 18.3. The maximum Gasteiger partial charge on any atom is 0.407 e. The Morgan fingerprint density at radius 1 is 1.19 bits per heavy atom. The number of nitro groups is 1. The fourth-order valence-corrected chi connectivity index (χ4v) is 5.78. The van der Waals surface area contributed by atoms with Crippen LogP contribution in [0.4, 0.5) is 16.3 Å². The number of piperidine rings is 2. The first-order valence-corrected chi connectivity index (χ1v) is 14.3. The second kappa shape index (κ2) is 11.5. The summed E-state index contributed by atoms with van der Waals surface area (Å²) in [7, 11) is 0. The van der Waals surface area contributed by atoms with Gasteiger partial charge in [0.25, 0.3) is 11.6 Å². The standard InChI is InChI=1S/C30H34N6O7/c1-29(2,3)43-28(39)33-20-6-10-34(11-7-20)26-15-21(23(18-32-26)36(40)41)27(38)35-12-8-30(9-13-35)16-24(37)22-14-19(17-31)4-5-25(22)42-30/h4-5,14-15,18,20H,6-13,16H2,1-3H3,(H,33,39). The van der Waals surface area contributed by atoms with E-state index in [-0.39, 0.29) is 42.6 Å². The predicted molar refractivity (Wildman–Crippen MR) is 154 cm³/mol. The Kier molecular flexibility index (Phi) is 7.96. The number of amides is 2. The highest BCUT2D eigenvalue weighted by Crippen LogP contribution is 2.40. The molecule has 13 nitrogen and oxygen atoms in total. The number of hydrogen-bond donors (Lipinski definition) is 1. The van der Waals surface area contributed by atoms with Gasteiger partial charge in [-0.3, -0.25) is 19.7 Å². The van der Waals surface area contributed by atoms with Gasteiger partial charge in [0.05, 0.1) is 28.5 Å². The third-order valence-corrected chi connectivity index (χ3v) is 8.02. The smallest absolute Gasteiger partial charge is 0.407 e. The lowest BCUT2D eigenvalue weighted by Crippen LogP contribution is -2.52. The van der Waals surface area contributed by atoms with E-state index >= 15 is 0 Å². The summed E-state index contributed by atoms with van der Waals surface area (Å²) < 4.78 is 11.6. The number of rotatable bonds is 4. The number of benzene rings is 1. The number of carbonyl (C=O) groups excluding carboxylic acids is 3. The van der Waals surface area contributed by atoms with Crippen molar-refractivity contribution in [2.45, 2.75) is 70.1 Å². The number of likely N-dealkylation sites (tertiary alicyclic amines) is 1. The lowest BCUT2D eigenvalue weighted by Gasteiger charge is -2.44. The molecule has 1 spiro atoms. The van der Waals surface area contributed by atoms with Gasteiger partial charge in [-0.05, 0) is 51.8 Å². The molecule has 4 heterocycles. The first-order chi connectivity index (χ1) is 20.4. The lowest BCUT2D eigenvalue weighted by molar-refractivity contribution is -0.385. The average molecular weight is 591 g/mol.